The minimum absolute atomic E-state index is 0.104. The number of carbonyl (C=O) groups excluding carboxylic acids is 2. The predicted molar refractivity (Wildman–Crippen MR) is 88.2 cm³/mol. The maximum Gasteiger partial charge on any atom is 0.400 e. The van der Waals surface area contributed by atoms with E-state index in [4.69, 9.17) is 11.6 Å². The van der Waals surface area contributed by atoms with Gasteiger partial charge in [-0.1, -0.05) is 30.7 Å². The second-order valence-electron chi connectivity index (χ2n) is 6.65. The number of nitrogens with zero attached hydrogens (tertiary/aromatic N) is 1. The summed E-state index contributed by atoms with van der Waals surface area (Å²) in [5.74, 6) is -9.25. The van der Waals surface area contributed by atoms with Gasteiger partial charge >= 0.3 is 12.1 Å². The van der Waals surface area contributed by atoms with Crippen LogP contribution in [0.25, 0.3) is 0 Å². The molecule has 10 heteroatoms. The van der Waals surface area contributed by atoms with Crippen molar-refractivity contribution >= 4 is 23.4 Å². The third-order valence-electron chi connectivity index (χ3n) is 4.59. The molecule has 27 heavy (non-hydrogen) atoms. The molecule has 0 radical (unpaired) electrons. The summed E-state index contributed by atoms with van der Waals surface area (Å²) >= 11 is 5.65. The van der Waals surface area contributed by atoms with E-state index in [2.05, 4.69) is 5.32 Å². The fourth-order valence-electron chi connectivity index (χ4n) is 2.76. The Morgan fingerprint density at radius 2 is 1.70 bits per heavy atom. The molecule has 1 unspecified atom stereocenters. The van der Waals surface area contributed by atoms with Crippen LogP contribution in [0.5, 0.6) is 0 Å². The van der Waals surface area contributed by atoms with Crippen LogP contribution in [-0.4, -0.2) is 42.0 Å². The highest BCUT2D eigenvalue weighted by Crippen LogP contribution is 2.33. The van der Waals surface area contributed by atoms with Crippen molar-refractivity contribution in [2.24, 2.45) is 11.8 Å². The molecule has 1 aromatic carbocycles. The van der Waals surface area contributed by atoms with E-state index in [-0.39, 0.29) is 18.1 Å². The first-order valence-corrected chi connectivity index (χ1v) is 8.52. The average molecular weight is 413 g/mol. The topological polar surface area (TPSA) is 49.4 Å². The molecule has 3 atom stereocenters. The monoisotopic (exact) mass is 412 g/mol. The molecule has 0 bridgehead atoms. The van der Waals surface area contributed by atoms with E-state index in [1.807, 2.05) is 0 Å². The van der Waals surface area contributed by atoms with Gasteiger partial charge in [0, 0.05) is 23.7 Å². The van der Waals surface area contributed by atoms with Crippen LogP contribution < -0.4 is 5.32 Å². The van der Waals surface area contributed by atoms with E-state index in [9.17, 15) is 31.5 Å². The van der Waals surface area contributed by atoms with Crippen LogP contribution in [0.2, 0.25) is 5.02 Å². The maximum absolute atomic E-state index is 14.5. The van der Waals surface area contributed by atoms with E-state index in [0.29, 0.717) is 6.92 Å². The van der Waals surface area contributed by atoms with Gasteiger partial charge in [-0.15, -0.1) is 0 Å². The second-order valence-corrected chi connectivity index (χ2v) is 7.08. The van der Waals surface area contributed by atoms with Crippen molar-refractivity contribution in [3.8, 4) is 0 Å². The molecule has 2 amide bonds. The summed E-state index contributed by atoms with van der Waals surface area (Å²) < 4.78 is 66.8. The lowest BCUT2D eigenvalue weighted by Gasteiger charge is -2.24. The maximum atomic E-state index is 14.5. The van der Waals surface area contributed by atoms with E-state index in [1.165, 1.54) is 12.1 Å². The van der Waals surface area contributed by atoms with Gasteiger partial charge in [-0.05, 0) is 25.0 Å². The zero-order valence-electron chi connectivity index (χ0n) is 14.5. The molecule has 1 aliphatic rings. The molecular weight excluding hydrogens is 395 g/mol. The lowest BCUT2D eigenvalue weighted by atomic mass is 10.0. The molecule has 1 aliphatic heterocycles. The largest absolute Gasteiger partial charge is 0.400 e. The fraction of sp³-hybridized carbons (Fsp3) is 0.529. The van der Waals surface area contributed by atoms with Crippen LogP contribution in [0.4, 0.5) is 22.0 Å². The number of carbonyl (C=O) groups is 2. The van der Waals surface area contributed by atoms with Gasteiger partial charge in [0.1, 0.15) is 5.92 Å². The predicted octanol–water partition coefficient (Wildman–Crippen LogP) is 3.59. The highest BCUT2D eigenvalue weighted by atomic mass is 35.5. The van der Waals surface area contributed by atoms with E-state index >= 15 is 0 Å². The standard InChI is InChI=1S/C17H18ClF5N2O2/c1-9-7-25(8-13(9)24-14(26)10(2)17(21,22)23)15(27)16(19,20)11-3-5-12(18)6-4-11/h3-6,9-10,13H,7-8H2,1-2H3,(H,24,26)/t9-,10?,13-/m1/s1. The van der Waals surface area contributed by atoms with Crippen molar-refractivity contribution in [1.82, 2.24) is 10.2 Å². The quantitative estimate of drug-likeness (QED) is 0.768. The summed E-state index contributed by atoms with van der Waals surface area (Å²) in [5, 5.41) is 2.44. The normalized spacial score (nSPS) is 21.9. The zero-order valence-corrected chi connectivity index (χ0v) is 15.2. The molecule has 1 fully saturated rings. The molecule has 0 saturated carbocycles. The van der Waals surface area contributed by atoms with E-state index < -0.39 is 47.4 Å². The van der Waals surface area contributed by atoms with E-state index in [1.54, 1.807) is 6.92 Å². The van der Waals surface area contributed by atoms with Gasteiger partial charge in [0.25, 0.3) is 5.91 Å². The van der Waals surface area contributed by atoms with Crippen molar-refractivity contribution in [2.45, 2.75) is 32.0 Å². The van der Waals surface area contributed by atoms with Gasteiger partial charge in [-0.3, -0.25) is 9.59 Å². The summed E-state index contributed by atoms with van der Waals surface area (Å²) in [5.41, 5.74) is -0.539. The third-order valence-corrected chi connectivity index (χ3v) is 4.84. The Morgan fingerprint density at radius 3 is 2.22 bits per heavy atom. The number of hydrogen-bond acceptors (Lipinski definition) is 2. The van der Waals surface area contributed by atoms with Crippen molar-refractivity contribution in [3.63, 3.8) is 0 Å². The Balaban J connectivity index is 2.07. The Bertz CT molecular complexity index is 708. The summed E-state index contributed by atoms with van der Waals surface area (Å²) in [7, 11) is 0. The van der Waals surface area contributed by atoms with Gasteiger partial charge < -0.3 is 10.2 Å². The molecule has 1 N–H and O–H groups in total. The molecule has 1 saturated heterocycles. The molecule has 1 aromatic rings. The molecule has 0 spiro atoms. The number of rotatable bonds is 4. The van der Waals surface area contributed by atoms with Gasteiger partial charge in [-0.2, -0.15) is 22.0 Å². The van der Waals surface area contributed by atoms with Crippen LogP contribution in [0.3, 0.4) is 0 Å². The minimum atomic E-state index is -4.71. The van der Waals surface area contributed by atoms with Gasteiger partial charge in [0.05, 0.1) is 6.04 Å². The summed E-state index contributed by atoms with van der Waals surface area (Å²) in [6.45, 7) is 1.89. The minimum Gasteiger partial charge on any atom is -0.351 e. The van der Waals surface area contributed by atoms with Crippen molar-refractivity contribution in [3.05, 3.63) is 34.9 Å². The summed E-state index contributed by atoms with van der Waals surface area (Å²) in [4.78, 5) is 24.8. The Hall–Kier alpha value is -1.90. The first kappa shape index (κ1) is 21.4. The fourth-order valence-corrected chi connectivity index (χ4v) is 2.88. The molecular formula is C17H18ClF5N2O2. The lowest BCUT2D eigenvalue weighted by Crippen LogP contribution is -2.47. The third kappa shape index (κ3) is 4.69. The number of nitrogens with one attached hydrogen (secondary N) is 1. The summed E-state index contributed by atoms with van der Waals surface area (Å²) in [6.07, 6.45) is -4.71. The molecule has 150 valence electrons. The summed E-state index contributed by atoms with van der Waals surface area (Å²) in [6, 6.07) is 3.68. The Labute approximate surface area is 157 Å². The van der Waals surface area contributed by atoms with E-state index in [0.717, 1.165) is 17.0 Å². The average Bonchev–Trinajstić information content (AvgIpc) is 2.93. The van der Waals surface area contributed by atoms with Crippen molar-refractivity contribution in [1.29, 1.82) is 0 Å². The number of halogens is 6. The van der Waals surface area contributed by atoms with Crippen LogP contribution in [0, 0.1) is 11.8 Å². The Morgan fingerprint density at radius 1 is 1.15 bits per heavy atom. The second kappa shape index (κ2) is 7.61. The molecule has 4 nitrogen and oxygen atoms in total. The molecule has 1 heterocycles. The number of likely N-dealkylation sites (tertiary alicyclic amines) is 1. The highest BCUT2D eigenvalue weighted by molar-refractivity contribution is 6.30. The smallest absolute Gasteiger partial charge is 0.351 e. The SMILES string of the molecule is CC(C(=O)N[C@@H]1CN(C(=O)C(F)(F)c2ccc(Cl)cc2)C[C@H]1C)C(F)(F)F. The number of amides is 2. The van der Waals surface area contributed by atoms with Gasteiger partial charge in [0.15, 0.2) is 0 Å². The van der Waals surface area contributed by atoms with Crippen LogP contribution in [0.15, 0.2) is 24.3 Å². The number of hydrogen-bond donors (Lipinski definition) is 1. The van der Waals surface area contributed by atoms with Crippen LogP contribution in [-0.2, 0) is 15.5 Å². The number of benzene rings is 1. The molecule has 0 aromatic heterocycles. The van der Waals surface area contributed by atoms with Crippen molar-refractivity contribution in [2.75, 3.05) is 13.1 Å². The molecule has 2 rings (SSSR count). The zero-order chi connectivity index (χ0) is 20.6. The first-order chi connectivity index (χ1) is 12.3. The highest BCUT2D eigenvalue weighted by Gasteiger charge is 2.48. The van der Waals surface area contributed by atoms with Gasteiger partial charge in [0.2, 0.25) is 5.91 Å². The Kier molecular flexibility index (Phi) is 6.03. The lowest BCUT2D eigenvalue weighted by molar-refractivity contribution is -0.179. The van der Waals surface area contributed by atoms with Crippen LogP contribution >= 0.6 is 11.6 Å². The van der Waals surface area contributed by atoms with Gasteiger partial charge in [-0.25, -0.2) is 0 Å². The molecule has 0 aliphatic carbocycles. The van der Waals surface area contributed by atoms with Crippen LogP contribution in [0.1, 0.15) is 19.4 Å². The first-order valence-electron chi connectivity index (χ1n) is 8.14. The number of alkyl halides is 5. The van der Waals surface area contributed by atoms with Crippen molar-refractivity contribution < 1.29 is 31.5 Å².